The quantitative estimate of drug-likeness (QED) is 0.397. The molecule has 3 heteroatoms. The minimum Gasteiger partial charge on any atom is -0.481 e. The molecule has 0 bridgehead atoms. The summed E-state index contributed by atoms with van der Waals surface area (Å²) >= 11 is 0. The predicted molar refractivity (Wildman–Crippen MR) is 33.7 cm³/mol. The minimum absolute atomic E-state index is 0.0851. The average molecular weight is 127 g/mol. The van der Waals surface area contributed by atoms with Gasteiger partial charge in [0.05, 0.1) is 0 Å². The van der Waals surface area contributed by atoms with Gasteiger partial charge in [0.2, 0.25) is 0 Å². The summed E-state index contributed by atoms with van der Waals surface area (Å²) < 4.78 is 0. The van der Waals surface area contributed by atoms with Crippen molar-refractivity contribution in [3.8, 4) is 12.0 Å². The third-order valence-corrected chi connectivity index (χ3v) is 0.542. The van der Waals surface area contributed by atoms with Crippen molar-refractivity contribution in [2.24, 2.45) is 0 Å². The number of carboxylic acids is 1. The fraction of sp³-hybridized carbons (Fsp3) is 0.500. The van der Waals surface area contributed by atoms with E-state index in [1.54, 1.807) is 19.0 Å². The topological polar surface area (TPSA) is 40.5 Å². The molecule has 0 aliphatic carbocycles. The second kappa shape index (κ2) is 3.79. The van der Waals surface area contributed by atoms with Crippen LogP contribution in [0.3, 0.4) is 0 Å². The Labute approximate surface area is 54.3 Å². The van der Waals surface area contributed by atoms with Gasteiger partial charge in [0.15, 0.2) is 0 Å². The minimum atomic E-state index is -0.885. The number of nitrogens with zero attached hydrogens (tertiary/aromatic N) is 1. The van der Waals surface area contributed by atoms with Crippen LogP contribution < -0.4 is 0 Å². The van der Waals surface area contributed by atoms with Crippen LogP contribution in [-0.4, -0.2) is 30.1 Å². The highest BCUT2D eigenvalue weighted by Gasteiger charge is 1.87. The largest absolute Gasteiger partial charge is 0.481 e. The maximum atomic E-state index is 9.86. The summed E-state index contributed by atoms with van der Waals surface area (Å²) in [5.74, 6) is 1.58. The molecule has 0 heterocycles. The van der Waals surface area contributed by atoms with Crippen LogP contribution in [0.2, 0.25) is 0 Å². The van der Waals surface area contributed by atoms with Gasteiger partial charge in [-0.2, -0.15) is 0 Å². The van der Waals surface area contributed by atoms with Crippen LogP contribution in [0.4, 0.5) is 0 Å². The molecule has 0 aliphatic heterocycles. The molecule has 50 valence electrons. The zero-order chi connectivity index (χ0) is 7.28. The van der Waals surface area contributed by atoms with Crippen molar-refractivity contribution < 1.29 is 9.90 Å². The molecule has 0 unspecified atom stereocenters. The van der Waals surface area contributed by atoms with Gasteiger partial charge in [-0.05, 0) is 0 Å². The molecule has 1 N–H and O–H groups in total. The Bertz CT molecular complexity index is 152. The summed E-state index contributed by atoms with van der Waals surface area (Å²) in [6.07, 6.45) is -0.0851. The highest BCUT2D eigenvalue weighted by Crippen LogP contribution is 1.73. The summed E-state index contributed by atoms with van der Waals surface area (Å²) in [6.45, 7) is 0. The summed E-state index contributed by atoms with van der Waals surface area (Å²) in [4.78, 5) is 11.5. The molecule has 0 fully saturated rings. The lowest BCUT2D eigenvalue weighted by Gasteiger charge is -1.95. The van der Waals surface area contributed by atoms with Gasteiger partial charge in [-0.15, -0.1) is 0 Å². The van der Waals surface area contributed by atoms with Gasteiger partial charge in [-0.25, -0.2) is 0 Å². The maximum absolute atomic E-state index is 9.86. The second-order valence-corrected chi connectivity index (χ2v) is 1.75. The molecule has 9 heavy (non-hydrogen) atoms. The molecule has 0 radical (unpaired) electrons. The Morgan fingerprint density at radius 2 is 2.22 bits per heavy atom. The first-order valence-electron chi connectivity index (χ1n) is 2.50. The fourth-order valence-corrected chi connectivity index (χ4v) is 0.273. The molecule has 0 rings (SSSR count). The van der Waals surface area contributed by atoms with E-state index in [4.69, 9.17) is 5.11 Å². The number of hydrogen-bond donors (Lipinski definition) is 1. The number of rotatable bonds is 1. The Morgan fingerprint density at radius 3 is 2.56 bits per heavy atom. The van der Waals surface area contributed by atoms with E-state index >= 15 is 0 Å². The molecule has 0 amide bonds. The van der Waals surface area contributed by atoms with Crippen LogP contribution in [0, 0.1) is 12.0 Å². The van der Waals surface area contributed by atoms with E-state index in [2.05, 4.69) is 12.0 Å². The normalized spacial score (nSPS) is 7.33. The van der Waals surface area contributed by atoms with Gasteiger partial charge in [0, 0.05) is 20.1 Å². The number of carboxylic acid groups (broad SMARTS) is 1. The fourth-order valence-electron chi connectivity index (χ4n) is 0.273. The molecule has 0 aromatic carbocycles. The summed E-state index contributed by atoms with van der Waals surface area (Å²) in [5.41, 5.74) is 0. The SMILES string of the molecule is CN(C)C#CCC(=O)O. The maximum Gasteiger partial charge on any atom is 0.315 e. The zero-order valence-electron chi connectivity index (χ0n) is 5.51. The van der Waals surface area contributed by atoms with Crippen molar-refractivity contribution in [2.45, 2.75) is 6.42 Å². The van der Waals surface area contributed by atoms with E-state index < -0.39 is 5.97 Å². The lowest BCUT2D eigenvalue weighted by Crippen LogP contribution is -2.01. The highest BCUT2D eigenvalue weighted by molar-refractivity contribution is 5.69. The molecule has 0 aromatic heterocycles. The van der Waals surface area contributed by atoms with E-state index in [-0.39, 0.29) is 6.42 Å². The summed E-state index contributed by atoms with van der Waals surface area (Å²) in [5, 5.41) is 8.11. The van der Waals surface area contributed by atoms with Gasteiger partial charge in [-0.3, -0.25) is 4.79 Å². The van der Waals surface area contributed by atoms with Crippen LogP contribution in [0.15, 0.2) is 0 Å². The van der Waals surface area contributed by atoms with Gasteiger partial charge in [0.25, 0.3) is 0 Å². The second-order valence-electron chi connectivity index (χ2n) is 1.75. The Hall–Kier alpha value is -1.17. The van der Waals surface area contributed by atoms with E-state index in [1.165, 1.54) is 0 Å². The van der Waals surface area contributed by atoms with Crippen molar-refractivity contribution in [3.63, 3.8) is 0 Å². The molecular formula is C6H9NO2. The van der Waals surface area contributed by atoms with Crippen molar-refractivity contribution in [3.05, 3.63) is 0 Å². The van der Waals surface area contributed by atoms with E-state index in [1.807, 2.05) is 0 Å². The molecule has 0 saturated carbocycles. The van der Waals surface area contributed by atoms with Crippen LogP contribution in [0.5, 0.6) is 0 Å². The molecule has 3 nitrogen and oxygen atoms in total. The van der Waals surface area contributed by atoms with E-state index in [9.17, 15) is 4.79 Å². The Balaban J connectivity index is 3.50. The molecular weight excluding hydrogens is 118 g/mol. The number of carbonyl (C=O) groups is 1. The van der Waals surface area contributed by atoms with Gasteiger partial charge in [-0.1, -0.05) is 5.92 Å². The monoisotopic (exact) mass is 127 g/mol. The lowest BCUT2D eigenvalue weighted by molar-refractivity contribution is -0.135. The third-order valence-electron chi connectivity index (χ3n) is 0.542. The first-order valence-corrected chi connectivity index (χ1v) is 2.50. The predicted octanol–water partition coefficient (Wildman–Crippen LogP) is -0.0164. The van der Waals surface area contributed by atoms with Crippen LogP contribution in [0.1, 0.15) is 6.42 Å². The van der Waals surface area contributed by atoms with Crippen molar-refractivity contribution >= 4 is 5.97 Å². The first kappa shape index (κ1) is 7.83. The highest BCUT2D eigenvalue weighted by atomic mass is 16.4. The summed E-state index contributed by atoms with van der Waals surface area (Å²) in [6, 6.07) is 2.58. The van der Waals surface area contributed by atoms with E-state index in [0.29, 0.717) is 0 Å². The van der Waals surface area contributed by atoms with Gasteiger partial charge >= 0.3 is 5.97 Å². The summed E-state index contributed by atoms with van der Waals surface area (Å²) in [7, 11) is 3.52. The van der Waals surface area contributed by atoms with Gasteiger partial charge < -0.3 is 10.0 Å². The van der Waals surface area contributed by atoms with Crippen molar-refractivity contribution in [2.75, 3.05) is 14.1 Å². The molecule has 0 spiro atoms. The zero-order valence-corrected chi connectivity index (χ0v) is 5.51. The number of aliphatic carboxylic acids is 1. The average Bonchev–Trinajstić information content (AvgIpc) is 1.63. The molecule has 0 aromatic rings. The van der Waals surface area contributed by atoms with Gasteiger partial charge in [0.1, 0.15) is 6.42 Å². The molecule has 0 saturated heterocycles. The Kier molecular flexibility index (Phi) is 3.29. The van der Waals surface area contributed by atoms with Crippen molar-refractivity contribution in [1.29, 1.82) is 0 Å². The lowest BCUT2D eigenvalue weighted by atomic mass is 10.4. The molecule has 0 aliphatic rings. The van der Waals surface area contributed by atoms with Crippen LogP contribution in [0.25, 0.3) is 0 Å². The van der Waals surface area contributed by atoms with E-state index in [0.717, 1.165) is 0 Å². The van der Waals surface area contributed by atoms with Crippen LogP contribution in [-0.2, 0) is 4.79 Å². The Morgan fingerprint density at radius 1 is 1.67 bits per heavy atom. The molecule has 0 atom stereocenters. The first-order chi connectivity index (χ1) is 4.13. The smallest absolute Gasteiger partial charge is 0.315 e. The third kappa shape index (κ3) is 6.83. The van der Waals surface area contributed by atoms with Crippen molar-refractivity contribution in [1.82, 2.24) is 4.90 Å². The standard InChI is InChI=1S/C6H9NO2/c1-7(2)5-3-4-6(8)9/h4H2,1-2H3,(H,8,9). The van der Waals surface area contributed by atoms with Crippen LogP contribution >= 0.6 is 0 Å². The number of hydrogen-bond acceptors (Lipinski definition) is 2.